The number of esters is 2. The maximum absolute atomic E-state index is 11.7. The minimum atomic E-state index is -0.484. The molecule has 0 saturated heterocycles. The van der Waals surface area contributed by atoms with E-state index in [0.717, 1.165) is 44.6 Å². The summed E-state index contributed by atoms with van der Waals surface area (Å²) in [6, 6.07) is 0. The minimum absolute atomic E-state index is 0.0214. The summed E-state index contributed by atoms with van der Waals surface area (Å²) in [4.78, 5) is 23.1. The molecule has 4 heteroatoms. The van der Waals surface area contributed by atoms with E-state index in [1.165, 1.54) is 6.08 Å². The maximum atomic E-state index is 11.7. The van der Waals surface area contributed by atoms with Crippen LogP contribution in [0.15, 0.2) is 12.2 Å². The number of hydrogen-bond acceptors (Lipinski definition) is 4. The van der Waals surface area contributed by atoms with Crippen molar-refractivity contribution in [3.63, 3.8) is 0 Å². The summed E-state index contributed by atoms with van der Waals surface area (Å²) in [5, 5.41) is 0. The summed E-state index contributed by atoms with van der Waals surface area (Å²) in [6.07, 6.45) is 8.09. The lowest BCUT2D eigenvalue weighted by molar-refractivity contribution is -0.146. The number of rotatable bonds is 6. The Labute approximate surface area is 134 Å². The molecular formula is C18H30O4. The largest absolute Gasteiger partial charge is 0.463 e. The van der Waals surface area contributed by atoms with Crippen molar-refractivity contribution in [1.29, 1.82) is 0 Å². The van der Waals surface area contributed by atoms with E-state index in [0.29, 0.717) is 17.9 Å². The fourth-order valence-corrected chi connectivity index (χ4v) is 2.75. The van der Waals surface area contributed by atoms with Gasteiger partial charge in [0, 0.05) is 12.2 Å². The third-order valence-electron chi connectivity index (χ3n) is 4.28. The van der Waals surface area contributed by atoms with Crippen LogP contribution in [0.25, 0.3) is 0 Å². The SMILES string of the molecule is CCCCOC(=O)/C=C/C(=O)OC1CCC(C(C)(C)C)CC1. The molecule has 0 aromatic heterocycles. The number of ether oxygens (including phenoxy) is 2. The second-order valence-electron chi connectivity index (χ2n) is 7.13. The van der Waals surface area contributed by atoms with E-state index >= 15 is 0 Å². The molecule has 0 aromatic rings. The summed E-state index contributed by atoms with van der Waals surface area (Å²) in [6.45, 7) is 9.20. The van der Waals surface area contributed by atoms with Gasteiger partial charge in [-0.1, -0.05) is 34.1 Å². The first-order valence-electron chi connectivity index (χ1n) is 8.38. The van der Waals surface area contributed by atoms with E-state index in [1.54, 1.807) is 0 Å². The van der Waals surface area contributed by atoms with Gasteiger partial charge in [0.25, 0.3) is 0 Å². The standard InChI is InChI=1S/C18H30O4/c1-5-6-13-21-16(19)11-12-17(20)22-15-9-7-14(8-10-15)18(2,3)4/h11-12,14-15H,5-10,13H2,1-4H3/b12-11+. The number of carbonyl (C=O) groups is 2. The second-order valence-corrected chi connectivity index (χ2v) is 7.13. The summed E-state index contributed by atoms with van der Waals surface area (Å²) in [7, 11) is 0. The van der Waals surface area contributed by atoms with Gasteiger partial charge in [0.15, 0.2) is 0 Å². The fourth-order valence-electron chi connectivity index (χ4n) is 2.75. The Bertz CT molecular complexity index is 384. The van der Waals surface area contributed by atoms with Gasteiger partial charge in [-0.3, -0.25) is 0 Å². The molecule has 0 amide bonds. The summed E-state index contributed by atoms with van der Waals surface area (Å²) < 4.78 is 10.3. The topological polar surface area (TPSA) is 52.6 Å². The number of carbonyl (C=O) groups excluding carboxylic acids is 2. The van der Waals surface area contributed by atoms with Crippen molar-refractivity contribution in [1.82, 2.24) is 0 Å². The van der Waals surface area contributed by atoms with Crippen LogP contribution >= 0.6 is 0 Å². The van der Waals surface area contributed by atoms with E-state index in [9.17, 15) is 9.59 Å². The van der Waals surface area contributed by atoms with Gasteiger partial charge < -0.3 is 9.47 Å². The highest BCUT2D eigenvalue weighted by atomic mass is 16.5. The van der Waals surface area contributed by atoms with Crippen molar-refractivity contribution >= 4 is 11.9 Å². The van der Waals surface area contributed by atoms with E-state index in [2.05, 4.69) is 20.8 Å². The predicted molar refractivity (Wildman–Crippen MR) is 86.3 cm³/mol. The van der Waals surface area contributed by atoms with Crippen LogP contribution in [0.2, 0.25) is 0 Å². The molecule has 4 nitrogen and oxygen atoms in total. The van der Waals surface area contributed by atoms with Crippen molar-refractivity contribution in [3.05, 3.63) is 12.2 Å². The molecule has 0 spiro atoms. The Kier molecular flexibility index (Phi) is 7.63. The Morgan fingerprint density at radius 3 is 2.18 bits per heavy atom. The molecule has 1 aliphatic carbocycles. The molecule has 0 aliphatic heterocycles. The Morgan fingerprint density at radius 1 is 1.05 bits per heavy atom. The average molecular weight is 310 g/mol. The zero-order chi connectivity index (χ0) is 16.6. The Balaban J connectivity index is 2.27. The van der Waals surface area contributed by atoms with Crippen molar-refractivity contribution in [2.24, 2.45) is 11.3 Å². The smallest absolute Gasteiger partial charge is 0.331 e. The first kappa shape index (κ1) is 18.7. The van der Waals surface area contributed by atoms with Crippen molar-refractivity contribution < 1.29 is 19.1 Å². The summed E-state index contributed by atoms with van der Waals surface area (Å²) >= 11 is 0. The van der Waals surface area contributed by atoms with Crippen LogP contribution in [0, 0.1) is 11.3 Å². The molecule has 126 valence electrons. The molecular weight excluding hydrogens is 280 g/mol. The van der Waals surface area contributed by atoms with Crippen LogP contribution in [0.3, 0.4) is 0 Å². The van der Waals surface area contributed by atoms with E-state index in [4.69, 9.17) is 9.47 Å². The number of unbranched alkanes of at least 4 members (excludes halogenated alkanes) is 1. The first-order valence-corrected chi connectivity index (χ1v) is 8.38. The van der Waals surface area contributed by atoms with Crippen molar-refractivity contribution in [2.45, 2.75) is 72.3 Å². The fraction of sp³-hybridized carbons (Fsp3) is 0.778. The molecule has 0 aromatic carbocycles. The lowest BCUT2D eigenvalue weighted by Gasteiger charge is -2.36. The lowest BCUT2D eigenvalue weighted by atomic mass is 9.72. The van der Waals surface area contributed by atoms with Gasteiger partial charge in [0.2, 0.25) is 0 Å². The van der Waals surface area contributed by atoms with Crippen LogP contribution in [0.4, 0.5) is 0 Å². The summed E-state index contributed by atoms with van der Waals surface area (Å²) in [5.74, 6) is -0.250. The monoisotopic (exact) mass is 310 g/mol. The van der Waals surface area contributed by atoms with Crippen molar-refractivity contribution in [3.8, 4) is 0 Å². The quantitative estimate of drug-likeness (QED) is 0.422. The molecule has 0 N–H and O–H groups in total. The molecule has 22 heavy (non-hydrogen) atoms. The average Bonchev–Trinajstić information content (AvgIpc) is 2.45. The first-order chi connectivity index (χ1) is 10.3. The van der Waals surface area contributed by atoms with Crippen LogP contribution in [-0.2, 0) is 19.1 Å². The van der Waals surface area contributed by atoms with Crippen molar-refractivity contribution in [2.75, 3.05) is 6.61 Å². The van der Waals surface area contributed by atoms with E-state index in [-0.39, 0.29) is 6.10 Å². The van der Waals surface area contributed by atoms with Gasteiger partial charge in [-0.2, -0.15) is 0 Å². The maximum Gasteiger partial charge on any atom is 0.331 e. The molecule has 1 aliphatic rings. The highest BCUT2D eigenvalue weighted by molar-refractivity contribution is 5.91. The van der Waals surface area contributed by atoms with Gasteiger partial charge in [0.1, 0.15) is 6.10 Å². The Morgan fingerprint density at radius 2 is 1.64 bits per heavy atom. The van der Waals surface area contributed by atoms with Gasteiger partial charge in [-0.15, -0.1) is 0 Å². The summed E-state index contributed by atoms with van der Waals surface area (Å²) in [5.41, 5.74) is 0.317. The molecule has 0 bridgehead atoms. The lowest BCUT2D eigenvalue weighted by Crippen LogP contribution is -2.30. The second kappa shape index (κ2) is 8.96. The molecule has 0 heterocycles. The zero-order valence-corrected chi connectivity index (χ0v) is 14.4. The normalized spacial score (nSPS) is 22.5. The van der Waals surface area contributed by atoms with Gasteiger partial charge >= 0.3 is 11.9 Å². The zero-order valence-electron chi connectivity index (χ0n) is 14.4. The van der Waals surface area contributed by atoms with Crippen LogP contribution in [0.1, 0.15) is 66.2 Å². The third kappa shape index (κ3) is 7.10. The molecule has 1 rings (SSSR count). The molecule has 0 unspecified atom stereocenters. The molecule has 1 saturated carbocycles. The van der Waals surface area contributed by atoms with E-state index in [1.807, 2.05) is 6.92 Å². The Hall–Kier alpha value is -1.32. The van der Waals surface area contributed by atoms with Crippen LogP contribution < -0.4 is 0 Å². The highest BCUT2D eigenvalue weighted by Crippen LogP contribution is 2.38. The van der Waals surface area contributed by atoms with Crippen LogP contribution in [0.5, 0.6) is 0 Å². The molecule has 0 radical (unpaired) electrons. The number of hydrogen-bond donors (Lipinski definition) is 0. The third-order valence-corrected chi connectivity index (χ3v) is 4.28. The molecule has 0 atom stereocenters. The van der Waals surface area contributed by atoms with Gasteiger partial charge in [-0.25, -0.2) is 9.59 Å². The molecule has 1 fully saturated rings. The van der Waals surface area contributed by atoms with E-state index < -0.39 is 11.9 Å². The van der Waals surface area contributed by atoms with Gasteiger partial charge in [0.05, 0.1) is 6.61 Å². The predicted octanol–water partition coefficient (Wildman–Crippen LogP) is 4.03. The highest BCUT2D eigenvalue weighted by Gasteiger charge is 2.30. The van der Waals surface area contributed by atoms with Gasteiger partial charge in [-0.05, 0) is 43.4 Å². The minimum Gasteiger partial charge on any atom is -0.463 e. The van der Waals surface area contributed by atoms with Crippen LogP contribution in [-0.4, -0.2) is 24.6 Å².